The minimum Gasteiger partial charge on any atom is -0.308 e. The Kier molecular flexibility index (Phi) is 4.60. The first-order chi connectivity index (χ1) is 9.95. The van der Waals surface area contributed by atoms with E-state index in [2.05, 4.69) is 10.6 Å². The Balaban J connectivity index is 2.10. The fourth-order valence-corrected chi connectivity index (χ4v) is 2.00. The van der Waals surface area contributed by atoms with Crippen LogP contribution in [0.1, 0.15) is 22.8 Å². The highest BCUT2D eigenvalue weighted by Gasteiger charge is 2.07. The number of carbonyl (C=O) groups excluding carboxylic acids is 2. The first kappa shape index (κ1) is 15.1. The molecule has 108 valence electrons. The number of carbonyl (C=O) groups is 2. The van der Waals surface area contributed by atoms with Gasteiger partial charge in [0.05, 0.1) is 0 Å². The van der Waals surface area contributed by atoms with Gasteiger partial charge in [0.2, 0.25) is 0 Å². The van der Waals surface area contributed by atoms with Crippen LogP contribution in [-0.4, -0.2) is 11.8 Å². The maximum atomic E-state index is 12.0. The molecule has 0 radical (unpaired) electrons. The molecule has 2 rings (SSSR count). The van der Waals surface area contributed by atoms with Crippen molar-refractivity contribution < 1.29 is 9.59 Å². The molecule has 0 saturated carbocycles. The van der Waals surface area contributed by atoms with E-state index in [9.17, 15) is 9.59 Å². The Labute approximate surface area is 128 Å². The van der Waals surface area contributed by atoms with Crippen molar-refractivity contribution in [2.24, 2.45) is 0 Å². The lowest BCUT2D eigenvalue weighted by atomic mass is 10.1. The number of anilines is 2. The van der Waals surface area contributed by atoms with Gasteiger partial charge in [-0.1, -0.05) is 29.8 Å². The predicted molar refractivity (Wildman–Crippen MR) is 85.3 cm³/mol. The van der Waals surface area contributed by atoms with E-state index in [1.165, 1.54) is 6.92 Å². The second kappa shape index (κ2) is 6.41. The van der Waals surface area contributed by atoms with E-state index >= 15 is 0 Å². The summed E-state index contributed by atoms with van der Waals surface area (Å²) in [6, 6.07) is 11.7. The zero-order chi connectivity index (χ0) is 15.4. The lowest BCUT2D eigenvalue weighted by molar-refractivity contribution is 0.101. The summed E-state index contributed by atoms with van der Waals surface area (Å²) >= 11 is 5.91. The molecule has 2 aromatic carbocycles. The van der Waals surface area contributed by atoms with Crippen molar-refractivity contribution in [3.8, 4) is 0 Å². The molecule has 2 aromatic rings. The van der Waals surface area contributed by atoms with Gasteiger partial charge in [0, 0.05) is 22.0 Å². The van der Waals surface area contributed by atoms with E-state index in [4.69, 9.17) is 11.6 Å². The van der Waals surface area contributed by atoms with Crippen molar-refractivity contribution in [3.63, 3.8) is 0 Å². The van der Waals surface area contributed by atoms with Gasteiger partial charge >= 0.3 is 6.03 Å². The number of benzene rings is 2. The van der Waals surface area contributed by atoms with Crippen LogP contribution in [0, 0.1) is 6.92 Å². The maximum Gasteiger partial charge on any atom is 0.323 e. The quantitative estimate of drug-likeness (QED) is 0.820. The molecule has 0 fully saturated rings. The monoisotopic (exact) mass is 302 g/mol. The fourth-order valence-electron chi connectivity index (χ4n) is 1.83. The molecule has 0 spiro atoms. The van der Waals surface area contributed by atoms with Gasteiger partial charge in [0.1, 0.15) is 0 Å². The number of ketones is 1. The minimum atomic E-state index is -0.388. The number of hydrogen-bond acceptors (Lipinski definition) is 2. The summed E-state index contributed by atoms with van der Waals surface area (Å²) in [5, 5.41) is 5.97. The van der Waals surface area contributed by atoms with Crippen molar-refractivity contribution >= 4 is 34.8 Å². The summed E-state index contributed by atoms with van der Waals surface area (Å²) in [5.74, 6) is -0.0512. The SMILES string of the molecule is CC(=O)c1cccc(NC(=O)Nc2cc(Cl)ccc2C)c1. The zero-order valence-electron chi connectivity index (χ0n) is 11.7. The molecule has 2 N–H and O–H groups in total. The Morgan fingerprint density at radius 1 is 1.05 bits per heavy atom. The first-order valence-corrected chi connectivity index (χ1v) is 6.78. The number of amides is 2. The van der Waals surface area contributed by atoms with Crippen LogP contribution >= 0.6 is 11.6 Å². The Bertz CT molecular complexity index is 698. The van der Waals surface area contributed by atoms with Crippen LogP contribution in [0.25, 0.3) is 0 Å². The first-order valence-electron chi connectivity index (χ1n) is 6.41. The lowest BCUT2D eigenvalue weighted by Crippen LogP contribution is -2.20. The number of Topliss-reactive ketones (excluding diaryl/α,β-unsaturated/α-hetero) is 1. The second-order valence-corrected chi connectivity index (χ2v) is 5.11. The van der Waals surface area contributed by atoms with Crippen molar-refractivity contribution in [1.82, 2.24) is 0 Å². The van der Waals surface area contributed by atoms with Crippen LogP contribution < -0.4 is 10.6 Å². The number of rotatable bonds is 3. The summed E-state index contributed by atoms with van der Waals surface area (Å²) in [6.07, 6.45) is 0. The fraction of sp³-hybridized carbons (Fsp3) is 0.125. The third kappa shape index (κ3) is 4.07. The van der Waals surface area contributed by atoms with E-state index in [1.807, 2.05) is 13.0 Å². The van der Waals surface area contributed by atoms with Crippen molar-refractivity contribution in [2.75, 3.05) is 10.6 Å². The number of urea groups is 1. The largest absolute Gasteiger partial charge is 0.323 e. The standard InChI is InChI=1S/C16H15ClN2O2/c1-10-6-7-13(17)9-15(10)19-16(21)18-14-5-3-4-12(8-14)11(2)20/h3-9H,1-2H3,(H2,18,19,21). The Morgan fingerprint density at radius 2 is 1.81 bits per heavy atom. The van der Waals surface area contributed by atoms with Crippen LogP contribution in [-0.2, 0) is 0 Å². The molecule has 0 aliphatic heterocycles. The molecule has 0 heterocycles. The summed E-state index contributed by atoms with van der Waals surface area (Å²) in [5.41, 5.74) is 2.65. The highest BCUT2D eigenvalue weighted by atomic mass is 35.5. The van der Waals surface area contributed by atoms with Gasteiger partial charge in [-0.15, -0.1) is 0 Å². The molecule has 0 saturated heterocycles. The third-order valence-electron chi connectivity index (χ3n) is 2.97. The number of aryl methyl sites for hydroxylation is 1. The average Bonchev–Trinajstić information content (AvgIpc) is 2.43. The van der Waals surface area contributed by atoms with Crippen LogP contribution in [0.15, 0.2) is 42.5 Å². The van der Waals surface area contributed by atoms with Crippen LogP contribution in [0.3, 0.4) is 0 Å². The van der Waals surface area contributed by atoms with E-state index in [-0.39, 0.29) is 11.8 Å². The normalized spacial score (nSPS) is 10.0. The second-order valence-electron chi connectivity index (χ2n) is 4.68. The molecule has 0 aliphatic carbocycles. The molecular formula is C16H15ClN2O2. The minimum absolute atomic E-state index is 0.0512. The molecule has 0 atom stereocenters. The van der Waals surface area contributed by atoms with E-state index in [0.29, 0.717) is 22.0 Å². The summed E-state index contributed by atoms with van der Waals surface area (Å²) < 4.78 is 0. The Hall–Kier alpha value is -2.33. The molecule has 0 bridgehead atoms. The van der Waals surface area contributed by atoms with E-state index in [1.54, 1.807) is 36.4 Å². The number of nitrogens with one attached hydrogen (secondary N) is 2. The number of hydrogen-bond donors (Lipinski definition) is 2. The summed E-state index contributed by atoms with van der Waals surface area (Å²) in [6.45, 7) is 3.36. The highest BCUT2D eigenvalue weighted by molar-refractivity contribution is 6.31. The Morgan fingerprint density at radius 3 is 2.52 bits per heavy atom. The molecule has 0 aliphatic rings. The van der Waals surface area contributed by atoms with E-state index < -0.39 is 0 Å². The zero-order valence-corrected chi connectivity index (χ0v) is 12.5. The molecule has 2 amide bonds. The summed E-state index contributed by atoms with van der Waals surface area (Å²) in [4.78, 5) is 23.3. The topological polar surface area (TPSA) is 58.2 Å². The predicted octanol–water partition coefficient (Wildman–Crippen LogP) is 4.50. The van der Waals surface area contributed by atoms with Gasteiger partial charge < -0.3 is 10.6 Å². The van der Waals surface area contributed by atoms with Crippen LogP contribution in [0.4, 0.5) is 16.2 Å². The molecular weight excluding hydrogens is 288 g/mol. The van der Waals surface area contributed by atoms with Gasteiger partial charge in [0.15, 0.2) is 5.78 Å². The molecule has 0 aromatic heterocycles. The van der Waals surface area contributed by atoms with E-state index in [0.717, 1.165) is 5.56 Å². The number of halogens is 1. The van der Waals surface area contributed by atoms with Gasteiger partial charge in [0.25, 0.3) is 0 Å². The maximum absolute atomic E-state index is 12.0. The van der Waals surface area contributed by atoms with Crippen LogP contribution in [0.2, 0.25) is 5.02 Å². The average molecular weight is 303 g/mol. The molecule has 5 heteroatoms. The molecule has 21 heavy (non-hydrogen) atoms. The molecule has 0 unspecified atom stereocenters. The van der Waals surface area contributed by atoms with Gasteiger partial charge in [-0.05, 0) is 43.7 Å². The van der Waals surface area contributed by atoms with Crippen molar-refractivity contribution in [2.45, 2.75) is 13.8 Å². The third-order valence-corrected chi connectivity index (χ3v) is 3.21. The van der Waals surface area contributed by atoms with Crippen molar-refractivity contribution in [3.05, 3.63) is 58.6 Å². The van der Waals surface area contributed by atoms with Gasteiger partial charge in [-0.3, -0.25) is 4.79 Å². The summed E-state index contributed by atoms with van der Waals surface area (Å²) in [7, 11) is 0. The van der Waals surface area contributed by atoms with Gasteiger partial charge in [-0.2, -0.15) is 0 Å². The lowest BCUT2D eigenvalue weighted by Gasteiger charge is -2.10. The molecule has 4 nitrogen and oxygen atoms in total. The van der Waals surface area contributed by atoms with Crippen LogP contribution in [0.5, 0.6) is 0 Å². The van der Waals surface area contributed by atoms with Gasteiger partial charge in [-0.25, -0.2) is 4.79 Å². The van der Waals surface area contributed by atoms with Crippen molar-refractivity contribution in [1.29, 1.82) is 0 Å². The highest BCUT2D eigenvalue weighted by Crippen LogP contribution is 2.20. The smallest absolute Gasteiger partial charge is 0.308 e.